The van der Waals surface area contributed by atoms with E-state index >= 15 is 0 Å². The predicted octanol–water partition coefficient (Wildman–Crippen LogP) is 8.12. The fourth-order valence-corrected chi connectivity index (χ4v) is 6.04. The van der Waals surface area contributed by atoms with E-state index in [9.17, 15) is 29.7 Å². The zero-order chi connectivity index (χ0) is 37.1. The first-order chi connectivity index (χ1) is 25.6. The zero-order valence-corrected chi connectivity index (χ0v) is 28.4. The summed E-state index contributed by atoms with van der Waals surface area (Å²) < 4.78 is 24.7. The standard InChI is InChI=1S/C43H32O10/c1-25-19-30-34(24-32(25)45)50-42-39(30)43(53-37(49)22-28-15-9-4-10-16-28)41(52-36(48)21-27-13-7-3-8-14-27)38(29-17-18-31(44)33(46)23-29)40(42)51-35(47)20-26-11-5-2-6-12-26/h2-19,23-24,44-46H,20-22H2,1H3. The summed E-state index contributed by atoms with van der Waals surface area (Å²) in [5.74, 6) is -3.97. The third-order valence-corrected chi connectivity index (χ3v) is 8.59. The van der Waals surface area contributed by atoms with Gasteiger partial charge in [0.1, 0.15) is 11.3 Å². The molecule has 0 atom stereocenters. The van der Waals surface area contributed by atoms with E-state index < -0.39 is 29.4 Å². The molecule has 0 spiro atoms. The third kappa shape index (κ3) is 7.38. The van der Waals surface area contributed by atoms with Gasteiger partial charge in [-0.05, 0) is 52.9 Å². The Hall–Kier alpha value is -7.07. The quantitative estimate of drug-likeness (QED) is 0.0721. The molecule has 10 heteroatoms. The molecular formula is C43H32O10. The highest BCUT2D eigenvalue weighted by Gasteiger charge is 2.33. The van der Waals surface area contributed by atoms with Crippen molar-refractivity contribution in [3.8, 4) is 45.6 Å². The van der Waals surface area contributed by atoms with Crippen LogP contribution in [0.4, 0.5) is 0 Å². The summed E-state index contributed by atoms with van der Waals surface area (Å²) in [6.45, 7) is 1.67. The highest BCUT2D eigenvalue weighted by Crippen LogP contribution is 2.55. The number of phenols is 3. The SMILES string of the molecule is Cc1cc2c(cc1O)oc1c(OC(=O)Cc3ccccc3)c(-c3ccc(O)c(O)c3)c(OC(=O)Cc3ccccc3)c(OC(=O)Cc3ccccc3)c12. The van der Waals surface area contributed by atoms with E-state index in [0.29, 0.717) is 27.6 Å². The van der Waals surface area contributed by atoms with Crippen LogP contribution in [0.1, 0.15) is 22.3 Å². The molecule has 53 heavy (non-hydrogen) atoms. The molecule has 7 rings (SSSR count). The van der Waals surface area contributed by atoms with Crippen molar-refractivity contribution in [2.75, 3.05) is 0 Å². The molecule has 0 unspecified atom stereocenters. The monoisotopic (exact) mass is 708 g/mol. The minimum Gasteiger partial charge on any atom is -0.508 e. The molecule has 0 aliphatic rings. The number of aromatic hydroxyl groups is 3. The van der Waals surface area contributed by atoms with E-state index in [0.717, 1.165) is 0 Å². The summed E-state index contributed by atoms with van der Waals surface area (Å²) in [7, 11) is 0. The van der Waals surface area contributed by atoms with E-state index in [1.165, 1.54) is 24.3 Å². The van der Waals surface area contributed by atoms with Crippen molar-refractivity contribution in [3.63, 3.8) is 0 Å². The second-order valence-electron chi connectivity index (χ2n) is 12.4. The van der Waals surface area contributed by atoms with Gasteiger partial charge in [0.2, 0.25) is 0 Å². The van der Waals surface area contributed by atoms with E-state index in [1.54, 1.807) is 85.8 Å². The number of carbonyl (C=O) groups excluding carboxylic acids is 3. The molecule has 0 fully saturated rings. The molecule has 0 saturated carbocycles. The van der Waals surface area contributed by atoms with Crippen LogP contribution in [0.3, 0.4) is 0 Å². The van der Waals surface area contributed by atoms with Crippen molar-refractivity contribution in [3.05, 3.63) is 144 Å². The summed E-state index contributed by atoms with van der Waals surface area (Å²) in [5, 5.41) is 32.0. The molecule has 0 bridgehead atoms. The van der Waals surface area contributed by atoms with E-state index in [1.807, 2.05) is 18.2 Å². The van der Waals surface area contributed by atoms with Crippen LogP contribution < -0.4 is 14.2 Å². The van der Waals surface area contributed by atoms with Crippen molar-refractivity contribution in [1.82, 2.24) is 0 Å². The molecule has 7 aromatic rings. The number of furan rings is 1. The molecular weight excluding hydrogens is 676 g/mol. The number of benzene rings is 6. The third-order valence-electron chi connectivity index (χ3n) is 8.59. The van der Waals surface area contributed by atoms with Gasteiger partial charge >= 0.3 is 17.9 Å². The van der Waals surface area contributed by atoms with Crippen LogP contribution in [0.25, 0.3) is 33.1 Å². The molecule has 0 amide bonds. The number of rotatable bonds is 10. The molecule has 0 radical (unpaired) electrons. The summed E-state index contributed by atoms with van der Waals surface area (Å²) in [4.78, 5) is 41.3. The number of ether oxygens (including phenoxy) is 3. The Labute approximate surface area is 303 Å². The van der Waals surface area contributed by atoms with Crippen molar-refractivity contribution in [2.45, 2.75) is 26.2 Å². The van der Waals surface area contributed by atoms with Gasteiger partial charge in [-0.15, -0.1) is 0 Å². The van der Waals surface area contributed by atoms with Gasteiger partial charge in [0, 0.05) is 11.5 Å². The largest absolute Gasteiger partial charge is 0.508 e. The maximum Gasteiger partial charge on any atom is 0.315 e. The van der Waals surface area contributed by atoms with Crippen LogP contribution in [0.15, 0.2) is 126 Å². The smallest absolute Gasteiger partial charge is 0.315 e. The lowest BCUT2D eigenvalue weighted by Gasteiger charge is -2.20. The van der Waals surface area contributed by atoms with E-state index in [-0.39, 0.29) is 69.9 Å². The minimum atomic E-state index is -0.747. The van der Waals surface area contributed by atoms with Gasteiger partial charge in [-0.25, -0.2) is 0 Å². The molecule has 0 aliphatic carbocycles. The van der Waals surface area contributed by atoms with Crippen LogP contribution >= 0.6 is 0 Å². The topological polar surface area (TPSA) is 153 Å². The molecule has 3 N–H and O–H groups in total. The molecule has 0 saturated heterocycles. The first-order valence-electron chi connectivity index (χ1n) is 16.7. The fraction of sp³-hybridized carbons (Fsp3) is 0.0930. The first-order valence-corrected chi connectivity index (χ1v) is 16.7. The average molecular weight is 709 g/mol. The van der Waals surface area contributed by atoms with E-state index in [4.69, 9.17) is 18.6 Å². The van der Waals surface area contributed by atoms with Crippen molar-refractivity contribution < 1.29 is 48.3 Å². The Morgan fingerprint density at radius 1 is 0.547 bits per heavy atom. The Morgan fingerprint density at radius 3 is 1.55 bits per heavy atom. The Morgan fingerprint density at radius 2 is 1.04 bits per heavy atom. The van der Waals surface area contributed by atoms with Gasteiger partial charge in [0.15, 0.2) is 34.3 Å². The number of carbonyl (C=O) groups is 3. The van der Waals surface area contributed by atoms with Crippen LogP contribution in [-0.2, 0) is 33.6 Å². The Kier molecular flexibility index (Phi) is 9.50. The van der Waals surface area contributed by atoms with Gasteiger partial charge in [-0.1, -0.05) is 97.1 Å². The summed E-state index contributed by atoms with van der Waals surface area (Å²) in [6, 6.07) is 33.4. The fourth-order valence-electron chi connectivity index (χ4n) is 6.04. The molecule has 6 aromatic carbocycles. The predicted molar refractivity (Wildman–Crippen MR) is 196 cm³/mol. The van der Waals surface area contributed by atoms with Gasteiger partial charge in [-0.2, -0.15) is 0 Å². The highest BCUT2D eigenvalue weighted by atomic mass is 16.6. The summed E-state index contributed by atoms with van der Waals surface area (Å²) >= 11 is 0. The van der Waals surface area contributed by atoms with Gasteiger partial charge in [0.05, 0.1) is 30.2 Å². The van der Waals surface area contributed by atoms with Gasteiger partial charge in [-0.3, -0.25) is 14.4 Å². The molecule has 0 aliphatic heterocycles. The molecule has 1 heterocycles. The lowest BCUT2D eigenvalue weighted by atomic mass is 9.98. The van der Waals surface area contributed by atoms with Gasteiger partial charge < -0.3 is 33.9 Å². The van der Waals surface area contributed by atoms with E-state index in [2.05, 4.69) is 0 Å². The normalized spacial score (nSPS) is 11.0. The average Bonchev–Trinajstić information content (AvgIpc) is 3.50. The van der Waals surface area contributed by atoms with Crippen molar-refractivity contribution >= 4 is 39.8 Å². The molecule has 264 valence electrons. The number of hydrogen-bond donors (Lipinski definition) is 3. The lowest BCUT2D eigenvalue weighted by molar-refractivity contribution is -0.136. The van der Waals surface area contributed by atoms with Crippen LogP contribution in [0.2, 0.25) is 0 Å². The first kappa shape index (κ1) is 34.4. The van der Waals surface area contributed by atoms with Gasteiger partial charge in [0.25, 0.3) is 0 Å². The molecule has 1 aromatic heterocycles. The summed E-state index contributed by atoms with van der Waals surface area (Å²) in [5.41, 5.74) is 2.52. The second kappa shape index (κ2) is 14.7. The van der Waals surface area contributed by atoms with Crippen LogP contribution in [0, 0.1) is 6.92 Å². The zero-order valence-electron chi connectivity index (χ0n) is 28.4. The van der Waals surface area contributed by atoms with Crippen molar-refractivity contribution in [1.29, 1.82) is 0 Å². The Bertz CT molecular complexity index is 2490. The van der Waals surface area contributed by atoms with Crippen LogP contribution in [-0.4, -0.2) is 33.2 Å². The second-order valence-corrected chi connectivity index (χ2v) is 12.4. The highest BCUT2D eigenvalue weighted by molar-refractivity contribution is 6.16. The number of fused-ring (bicyclic) bond motifs is 3. The maximum atomic E-state index is 13.8. The maximum absolute atomic E-state index is 13.8. The number of esters is 3. The lowest BCUT2D eigenvalue weighted by Crippen LogP contribution is -2.17. The number of phenolic OH excluding ortho intramolecular Hbond substituents is 3. The minimum absolute atomic E-state index is 0.0701. The van der Waals surface area contributed by atoms with Crippen LogP contribution in [0.5, 0.6) is 34.5 Å². The Balaban J connectivity index is 1.51. The summed E-state index contributed by atoms with van der Waals surface area (Å²) in [6.07, 6.45) is -0.489. The number of hydrogen-bond acceptors (Lipinski definition) is 10. The number of aryl methyl sites for hydroxylation is 1. The van der Waals surface area contributed by atoms with Crippen molar-refractivity contribution in [2.24, 2.45) is 0 Å². The molecule has 10 nitrogen and oxygen atoms in total.